The first kappa shape index (κ1) is 15.3. The van der Waals surface area contributed by atoms with Crippen LogP contribution in [0.1, 0.15) is 27.9 Å². The van der Waals surface area contributed by atoms with Gasteiger partial charge in [0.25, 0.3) is 0 Å². The Morgan fingerprint density at radius 1 is 1.38 bits per heavy atom. The highest BCUT2D eigenvalue weighted by molar-refractivity contribution is 7.17. The van der Waals surface area contributed by atoms with Crippen LogP contribution in [0.15, 0.2) is 24.3 Å². The van der Waals surface area contributed by atoms with Crippen molar-refractivity contribution < 1.29 is 23.1 Å². The maximum Gasteiger partial charge on any atom is 0.418 e. The SMILES string of the molecule is CCc1nc(Nc2ccccc2C(F)(F)F)sc1C(=O)O. The molecule has 2 N–H and O–H groups in total. The number of para-hydroxylation sites is 1. The number of nitrogens with one attached hydrogen (secondary N) is 1. The van der Waals surface area contributed by atoms with Gasteiger partial charge in [-0.05, 0) is 18.6 Å². The minimum absolute atomic E-state index is 0.0319. The largest absolute Gasteiger partial charge is 0.477 e. The Bertz CT molecular complexity index is 668. The third kappa shape index (κ3) is 3.33. The lowest BCUT2D eigenvalue weighted by Crippen LogP contribution is -2.08. The van der Waals surface area contributed by atoms with Crippen molar-refractivity contribution in [2.75, 3.05) is 5.32 Å². The molecule has 0 atom stereocenters. The van der Waals surface area contributed by atoms with E-state index in [1.807, 2.05) is 0 Å². The van der Waals surface area contributed by atoms with Crippen LogP contribution in [0, 0.1) is 0 Å². The van der Waals surface area contributed by atoms with Gasteiger partial charge in [0, 0.05) is 0 Å². The van der Waals surface area contributed by atoms with E-state index in [0.29, 0.717) is 12.1 Å². The molecule has 1 heterocycles. The van der Waals surface area contributed by atoms with Crippen LogP contribution >= 0.6 is 11.3 Å². The average Bonchev–Trinajstić information content (AvgIpc) is 2.81. The molecule has 0 amide bonds. The van der Waals surface area contributed by atoms with E-state index in [0.717, 1.165) is 17.4 Å². The molecule has 0 aliphatic carbocycles. The topological polar surface area (TPSA) is 62.2 Å². The van der Waals surface area contributed by atoms with Crippen LogP contribution in [-0.2, 0) is 12.6 Å². The molecular weight excluding hydrogens is 305 g/mol. The van der Waals surface area contributed by atoms with E-state index in [9.17, 15) is 18.0 Å². The predicted octanol–water partition coefficient (Wildman–Crippen LogP) is 4.17. The minimum atomic E-state index is -4.50. The second-order valence-corrected chi connectivity index (χ2v) is 5.12. The number of anilines is 2. The normalized spacial score (nSPS) is 11.4. The Kier molecular flexibility index (Phi) is 4.17. The standard InChI is InChI=1S/C13H11F3N2O2S/c1-2-8-10(11(19)20)21-12(17-8)18-9-6-4-3-5-7(9)13(14,15)16/h3-6H,2H2,1H3,(H,17,18)(H,19,20). The fourth-order valence-corrected chi connectivity index (χ4v) is 2.67. The highest BCUT2D eigenvalue weighted by Gasteiger charge is 2.33. The van der Waals surface area contributed by atoms with Crippen molar-refractivity contribution in [1.29, 1.82) is 0 Å². The van der Waals surface area contributed by atoms with Crippen molar-refractivity contribution in [3.8, 4) is 0 Å². The second kappa shape index (κ2) is 5.72. The zero-order valence-corrected chi connectivity index (χ0v) is 11.7. The monoisotopic (exact) mass is 316 g/mol. The number of hydrogen-bond donors (Lipinski definition) is 2. The molecule has 0 radical (unpaired) electrons. The Hall–Kier alpha value is -2.09. The average molecular weight is 316 g/mol. The molecule has 0 bridgehead atoms. The minimum Gasteiger partial charge on any atom is -0.477 e. The van der Waals surface area contributed by atoms with Crippen LogP contribution in [0.25, 0.3) is 0 Å². The quantitative estimate of drug-likeness (QED) is 0.889. The van der Waals surface area contributed by atoms with Gasteiger partial charge in [-0.3, -0.25) is 0 Å². The molecule has 8 heteroatoms. The molecule has 0 unspecified atom stereocenters. The zero-order chi connectivity index (χ0) is 15.6. The van der Waals surface area contributed by atoms with Crippen molar-refractivity contribution >= 4 is 28.1 Å². The smallest absolute Gasteiger partial charge is 0.418 e. The molecule has 0 aliphatic rings. The number of aromatic nitrogens is 1. The molecule has 1 aromatic heterocycles. The number of carbonyl (C=O) groups is 1. The zero-order valence-electron chi connectivity index (χ0n) is 10.9. The van der Waals surface area contributed by atoms with Crippen molar-refractivity contribution in [2.45, 2.75) is 19.5 Å². The molecule has 0 spiro atoms. The number of alkyl halides is 3. The van der Waals surface area contributed by atoms with Gasteiger partial charge in [-0.15, -0.1) is 0 Å². The van der Waals surface area contributed by atoms with Crippen molar-refractivity contribution in [2.24, 2.45) is 0 Å². The van der Waals surface area contributed by atoms with E-state index >= 15 is 0 Å². The van der Waals surface area contributed by atoms with Crippen LogP contribution < -0.4 is 5.32 Å². The lowest BCUT2D eigenvalue weighted by Gasteiger charge is -2.12. The molecule has 21 heavy (non-hydrogen) atoms. The summed E-state index contributed by atoms with van der Waals surface area (Å²) in [6.07, 6.45) is -4.11. The summed E-state index contributed by atoms with van der Waals surface area (Å²) in [6, 6.07) is 4.98. The Morgan fingerprint density at radius 3 is 2.57 bits per heavy atom. The number of rotatable bonds is 4. The maximum atomic E-state index is 12.9. The van der Waals surface area contributed by atoms with Crippen LogP contribution in [0.5, 0.6) is 0 Å². The summed E-state index contributed by atoms with van der Waals surface area (Å²) in [5.41, 5.74) is -0.632. The van der Waals surface area contributed by atoms with E-state index in [1.165, 1.54) is 18.2 Å². The molecule has 0 aliphatic heterocycles. The van der Waals surface area contributed by atoms with Crippen LogP contribution in [0.3, 0.4) is 0 Å². The number of carboxylic acids is 1. The summed E-state index contributed by atoms with van der Waals surface area (Å²) in [6.45, 7) is 1.73. The number of halogens is 3. The third-order valence-electron chi connectivity index (χ3n) is 2.70. The molecular formula is C13H11F3N2O2S. The number of carboxylic acid groups (broad SMARTS) is 1. The third-order valence-corrected chi connectivity index (χ3v) is 3.70. The molecule has 1 aromatic carbocycles. The van der Waals surface area contributed by atoms with Gasteiger partial charge >= 0.3 is 12.1 Å². The fourth-order valence-electron chi connectivity index (χ4n) is 1.77. The summed E-state index contributed by atoms with van der Waals surface area (Å²) in [4.78, 5) is 15.1. The summed E-state index contributed by atoms with van der Waals surface area (Å²) in [5, 5.41) is 11.7. The summed E-state index contributed by atoms with van der Waals surface area (Å²) in [5.74, 6) is -1.14. The van der Waals surface area contributed by atoms with E-state index < -0.39 is 17.7 Å². The summed E-state index contributed by atoms with van der Waals surface area (Å²) < 4.78 is 38.6. The molecule has 0 saturated heterocycles. The van der Waals surface area contributed by atoms with E-state index in [-0.39, 0.29) is 15.7 Å². The number of thiazole rings is 1. The Labute approximate surface area is 122 Å². The van der Waals surface area contributed by atoms with Gasteiger partial charge in [-0.2, -0.15) is 13.2 Å². The van der Waals surface area contributed by atoms with Crippen molar-refractivity contribution in [3.05, 3.63) is 40.4 Å². The van der Waals surface area contributed by atoms with Gasteiger partial charge in [0.15, 0.2) is 5.13 Å². The second-order valence-electron chi connectivity index (χ2n) is 4.12. The lowest BCUT2D eigenvalue weighted by atomic mass is 10.2. The number of aromatic carboxylic acids is 1. The molecule has 2 aromatic rings. The summed E-state index contributed by atoms with van der Waals surface area (Å²) >= 11 is 0.817. The maximum absolute atomic E-state index is 12.9. The highest BCUT2D eigenvalue weighted by Crippen LogP contribution is 2.36. The first-order valence-electron chi connectivity index (χ1n) is 5.99. The van der Waals surface area contributed by atoms with Crippen LogP contribution in [-0.4, -0.2) is 16.1 Å². The van der Waals surface area contributed by atoms with Crippen molar-refractivity contribution in [1.82, 2.24) is 4.98 Å². The number of aryl methyl sites for hydroxylation is 1. The first-order chi connectivity index (χ1) is 9.82. The van der Waals surface area contributed by atoms with Gasteiger partial charge in [-0.1, -0.05) is 30.4 Å². The van der Waals surface area contributed by atoms with Gasteiger partial charge in [0.1, 0.15) is 4.88 Å². The Balaban J connectivity index is 2.37. The van der Waals surface area contributed by atoms with Gasteiger partial charge in [0.2, 0.25) is 0 Å². The number of hydrogen-bond acceptors (Lipinski definition) is 4. The van der Waals surface area contributed by atoms with Crippen LogP contribution in [0.2, 0.25) is 0 Å². The molecule has 4 nitrogen and oxygen atoms in total. The molecule has 0 fully saturated rings. The molecule has 2 rings (SSSR count). The number of nitrogens with zero attached hydrogens (tertiary/aromatic N) is 1. The predicted molar refractivity (Wildman–Crippen MR) is 73.2 cm³/mol. The molecule has 112 valence electrons. The van der Waals surface area contributed by atoms with Gasteiger partial charge in [0.05, 0.1) is 16.9 Å². The molecule has 0 saturated carbocycles. The van der Waals surface area contributed by atoms with Crippen molar-refractivity contribution in [3.63, 3.8) is 0 Å². The first-order valence-corrected chi connectivity index (χ1v) is 6.80. The Morgan fingerprint density at radius 2 is 2.05 bits per heavy atom. The fraction of sp³-hybridized carbons (Fsp3) is 0.231. The van der Waals surface area contributed by atoms with Gasteiger partial charge < -0.3 is 10.4 Å². The summed E-state index contributed by atoms with van der Waals surface area (Å²) in [7, 11) is 0. The van der Waals surface area contributed by atoms with Gasteiger partial charge in [-0.25, -0.2) is 9.78 Å². The van der Waals surface area contributed by atoms with Crippen LogP contribution in [0.4, 0.5) is 24.0 Å². The van der Waals surface area contributed by atoms with E-state index in [2.05, 4.69) is 10.3 Å². The van der Waals surface area contributed by atoms with E-state index in [4.69, 9.17) is 5.11 Å². The highest BCUT2D eigenvalue weighted by atomic mass is 32.1. The lowest BCUT2D eigenvalue weighted by molar-refractivity contribution is -0.136. The number of benzene rings is 1. The van der Waals surface area contributed by atoms with E-state index in [1.54, 1.807) is 6.92 Å².